The molecule has 2 N–H and O–H groups in total. The van der Waals surface area contributed by atoms with Crippen molar-refractivity contribution in [2.24, 2.45) is 0 Å². The zero-order valence-electron chi connectivity index (χ0n) is 10.5. The molecule has 0 aliphatic carbocycles. The molecule has 20 heavy (non-hydrogen) atoms. The van der Waals surface area contributed by atoms with Crippen LogP contribution in [-0.4, -0.2) is 16.6 Å². The molecule has 6 heteroatoms. The molecule has 0 fully saturated rings. The third kappa shape index (κ3) is 2.73. The van der Waals surface area contributed by atoms with E-state index < -0.39 is 5.82 Å². The van der Waals surface area contributed by atoms with E-state index in [9.17, 15) is 9.50 Å². The van der Waals surface area contributed by atoms with Crippen LogP contribution in [0, 0.1) is 5.82 Å². The highest BCUT2D eigenvalue weighted by Crippen LogP contribution is 2.32. The lowest BCUT2D eigenvalue weighted by Crippen LogP contribution is -2.24. The Morgan fingerprint density at radius 1 is 1.30 bits per heavy atom. The molecule has 1 aromatic heterocycles. The van der Waals surface area contributed by atoms with Crippen LogP contribution in [0.3, 0.4) is 0 Å². The van der Waals surface area contributed by atoms with Gasteiger partial charge in [0.1, 0.15) is 11.6 Å². The van der Waals surface area contributed by atoms with E-state index in [1.165, 1.54) is 6.07 Å². The maximum atomic E-state index is 13.9. The van der Waals surface area contributed by atoms with Gasteiger partial charge in [-0.05, 0) is 17.7 Å². The van der Waals surface area contributed by atoms with Crippen molar-refractivity contribution in [2.45, 2.75) is 13.0 Å². The number of nitrogens with one attached hydrogen (secondary N) is 1. The number of fused-ring (bicyclic) bond motifs is 1. The van der Waals surface area contributed by atoms with Crippen LogP contribution in [0.5, 0.6) is 5.75 Å². The zero-order chi connectivity index (χ0) is 13.4. The van der Waals surface area contributed by atoms with Gasteiger partial charge in [-0.15, -0.1) is 12.4 Å². The molecular weight excluding hydrogens is 302 g/mol. The third-order valence-corrected chi connectivity index (χ3v) is 3.56. The van der Waals surface area contributed by atoms with E-state index in [1.807, 2.05) is 6.07 Å². The fraction of sp³-hybridized carbons (Fsp3) is 0.214. The Bertz CT molecular complexity index is 649. The molecule has 3 rings (SSSR count). The molecule has 1 aliphatic heterocycles. The lowest BCUT2D eigenvalue weighted by Gasteiger charge is -2.17. The Balaban J connectivity index is 0.00000147. The fourth-order valence-electron chi connectivity index (χ4n) is 2.25. The van der Waals surface area contributed by atoms with Gasteiger partial charge in [0.25, 0.3) is 0 Å². The molecule has 2 heterocycles. The van der Waals surface area contributed by atoms with Crippen LogP contribution < -0.4 is 5.32 Å². The zero-order valence-corrected chi connectivity index (χ0v) is 12.1. The second-order valence-corrected chi connectivity index (χ2v) is 4.95. The molecule has 0 radical (unpaired) electrons. The first-order valence-corrected chi connectivity index (χ1v) is 6.40. The van der Waals surface area contributed by atoms with E-state index in [-0.39, 0.29) is 23.2 Å². The largest absolute Gasteiger partial charge is 0.506 e. The number of aromatic nitrogens is 1. The van der Waals surface area contributed by atoms with Crippen molar-refractivity contribution in [3.05, 3.63) is 46.5 Å². The fourth-order valence-corrected chi connectivity index (χ4v) is 2.42. The van der Waals surface area contributed by atoms with Crippen molar-refractivity contribution in [1.82, 2.24) is 10.3 Å². The Hall–Kier alpha value is -1.36. The summed E-state index contributed by atoms with van der Waals surface area (Å²) in [7, 11) is 0. The summed E-state index contributed by atoms with van der Waals surface area (Å²) in [6.45, 7) is 1.66. The molecule has 2 aromatic rings. The number of hydrogen-bond donors (Lipinski definition) is 2. The van der Waals surface area contributed by atoms with E-state index in [4.69, 9.17) is 11.6 Å². The molecule has 3 nitrogen and oxygen atoms in total. The second-order valence-electron chi connectivity index (χ2n) is 4.54. The van der Waals surface area contributed by atoms with Gasteiger partial charge in [0.05, 0.1) is 5.02 Å². The number of aromatic hydroxyl groups is 1. The van der Waals surface area contributed by atoms with Crippen LogP contribution >= 0.6 is 24.0 Å². The minimum Gasteiger partial charge on any atom is -0.506 e. The number of nitrogens with zero attached hydrogens (tertiary/aromatic N) is 1. The monoisotopic (exact) mass is 314 g/mol. The Labute approximate surface area is 127 Å². The van der Waals surface area contributed by atoms with Gasteiger partial charge in [0, 0.05) is 48.6 Å². The van der Waals surface area contributed by atoms with Gasteiger partial charge in [0.2, 0.25) is 0 Å². The molecule has 1 aromatic carbocycles. The molecule has 106 valence electrons. The topological polar surface area (TPSA) is 45.2 Å². The van der Waals surface area contributed by atoms with E-state index in [0.717, 1.165) is 36.8 Å². The average molecular weight is 315 g/mol. The van der Waals surface area contributed by atoms with E-state index in [0.29, 0.717) is 11.1 Å². The Kier molecular flexibility index (Phi) is 4.48. The standard InChI is InChI=1S/C14H12ClFN2O.ClH/c15-11-4-10(12(16)5-14(11)19)8-3-9-6-17-2-1-13(9)18-7-8;/h3-5,7,17,19H,1-2,6H2;1H. The molecule has 0 bridgehead atoms. The van der Waals surface area contributed by atoms with Gasteiger partial charge >= 0.3 is 0 Å². The summed E-state index contributed by atoms with van der Waals surface area (Å²) in [4.78, 5) is 4.38. The van der Waals surface area contributed by atoms with Gasteiger partial charge in [-0.2, -0.15) is 0 Å². The van der Waals surface area contributed by atoms with Gasteiger partial charge in [-0.1, -0.05) is 11.6 Å². The van der Waals surface area contributed by atoms with Gasteiger partial charge in [0.15, 0.2) is 0 Å². The normalized spacial score (nSPS) is 13.5. The quantitative estimate of drug-likeness (QED) is 0.848. The molecule has 0 spiro atoms. The van der Waals surface area contributed by atoms with Crippen LogP contribution in [0.1, 0.15) is 11.3 Å². The second kappa shape index (κ2) is 5.95. The summed E-state index contributed by atoms with van der Waals surface area (Å²) < 4.78 is 13.9. The van der Waals surface area contributed by atoms with Crippen molar-refractivity contribution < 1.29 is 9.50 Å². The maximum absolute atomic E-state index is 13.9. The molecule has 0 unspecified atom stereocenters. The lowest BCUT2D eigenvalue weighted by molar-refractivity contribution is 0.469. The number of pyridine rings is 1. The number of phenols is 1. The van der Waals surface area contributed by atoms with Gasteiger partial charge in [-0.3, -0.25) is 4.98 Å². The SMILES string of the molecule is Cl.Oc1cc(F)c(-c2cnc3c(c2)CNCC3)cc1Cl. The summed E-state index contributed by atoms with van der Waals surface area (Å²) in [5.74, 6) is -0.761. The Morgan fingerprint density at radius 3 is 2.90 bits per heavy atom. The summed E-state index contributed by atoms with van der Waals surface area (Å²) in [6, 6.07) is 4.36. The molecule has 0 saturated carbocycles. The predicted molar refractivity (Wildman–Crippen MR) is 79.0 cm³/mol. The smallest absolute Gasteiger partial charge is 0.137 e. The third-order valence-electron chi connectivity index (χ3n) is 3.26. The highest BCUT2D eigenvalue weighted by molar-refractivity contribution is 6.32. The van der Waals surface area contributed by atoms with E-state index in [1.54, 1.807) is 6.20 Å². The van der Waals surface area contributed by atoms with Crippen molar-refractivity contribution in [1.29, 1.82) is 0 Å². The summed E-state index contributed by atoms with van der Waals surface area (Å²) >= 11 is 5.83. The minimum atomic E-state index is -0.507. The van der Waals surface area contributed by atoms with Gasteiger partial charge < -0.3 is 10.4 Å². The molecule has 0 amide bonds. The molecule has 0 atom stereocenters. The van der Waals surface area contributed by atoms with Crippen LogP contribution in [0.2, 0.25) is 5.02 Å². The number of phenolic OH excluding ortho intramolecular Hbond substituents is 1. The van der Waals surface area contributed by atoms with Crippen LogP contribution in [-0.2, 0) is 13.0 Å². The number of rotatable bonds is 1. The molecular formula is C14H13Cl2FN2O. The van der Waals surface area contributed by atoms with Crippen LogP contribution in [0.25, 0.3) is 11.1 Å². The van der Waals surface area contributed by atoms with E-state index in [2.05, 4.69) is 10.3 Å². The highest BCUT2D eigenvalue weighted by atomic mass is 35.5. The highest BCUT2D eigenvalue weighted by Gasteiger charge is 2.14. The summed E-state index contributed by atoms with van der Waals surface area (Å²) in [6.07, 6.45) is 2.53. The number of benzene rings is 1. The average Bonchev–Trinajstić information content (AvgIpc) is 2.42. The first-order valence-electron chi connectivity index (χ1n) is 6.02. The minimum absolute atomic E-state index is 0. The predicted octanol–water partition coefficient (Wildman–Crippen LogP) is 3.31. The van der Waals surface area contributed by atoms with Crippen molar-refractivity contribution >= 4 is 24.0 Å². The van der Waals surface area contributed by atoms with Crippen molar-refractivity contribution in [2.75, 3.05) is 6.54 Å². The summed E-state index contributed by atoms with van der Waals surface area (Å²) in [5.41, 5.74) is 3.14. The van der Waals surface area contributed by atoms with Crippen LogP contribution in [0.15, 0.2) is 24.4 Å². The lowest BCUT2D eigenvalue weighted by atomic mass is 10.0. The summed E-state index contributed by atoms with van der Waals surface area (Å²) in [5, 5.41) is 12.8. The van der Waals surface area contributed by atoms with Crippen LogP contribution in [0.4, 0.5) is 4.39 Å². The van der Waals surface area contributed by atoms with E-state index >= 15 is 0 Å². The first-order chi connectivity index (χ1) is 9.15. The molecule has 1 aliphatic rings. The number of halogens is 3. The molecule has 0 saturated heterocycles. The number of hydrogen-bond acceptors (Lipinski definition) is 3. The van der Waals surface area contributed by atoms with Gasteiger partial charge in [-0.25, -0.2) is 4.39 Å². The Morgan fingerprint density at radius 2 is 2.10 bits per heavy atom. The van der Waals surface area contributed by atoms with Crippen molar-refractivity contribution in [3.8, 4) is 16.9 Å². The first kappa shape index (κ1) is 15.0. The van der Waals surface area contributed by atoms with Crippen molar-refractivity contribution in [3.63, 3.8) is 0 Å². The maximum Gasteiger partial charge on any atom is 0.137 e.